The van der Waals surface area contributed by atoms with Crippen molar-refractivity contribution < 1.29 is 4.39 Å². The van der Waals surface area contributed by atoms with Crippen molar-refractivity contribution in [2.75, 3.05) is 18.1 Å². The molecular formula is C15H24FNS. The monoisotopic (exact) mass is 269 g/mol. The van der Waals surface area contributed by atoms with E-state index in [4.69, 9.17) is 0 Å². The molecule has 1 nitrogen and oxygen atoms in total. The number of hydrogen-bond donors (Lipinski definition) is 1. The molecule has 0 bridgehead atoms. The average molecular weight is 269 g/mol. The summed E-state index contributed by atoms with van der Waals surface area (Å²) in [6.07, 6.45) is 1.07. The molecule has 1 N–H and O–H groups in total. The van der Waals surface area contributed by atoms with Crippen molar-refractivity contribution in [2.24, 2.45) is 0 Å². The van der Waals surface area contributed by atoms with Crippen molar-refractivity contribution in [3.8, 4) is 0 Å². The van der Waals surface area contributed by atoms with Crippen LogP contribution in [0.3, 0.4) is 0 Å². The number of aryl methyl sites for hydroxylation is 2. The molecule has 0 aromatic heterocycles. The Morgan fingerprint density at radius 3 is 2.56 bits per heavy atom. The van der Waals surface area contributed by atoms with Gasteiger partial charge in [0, 0.05) is 17.4 Å². The molecule has 1 unspecified atom stereocenters. The zero-order chi connectivity index (χ0) is 13.5. The minimum absolute atomic E-state index is 0.0715. The number of hydrogen-bond acceptors (Lipinski definition) is 2. The van der Waals surface area contributed by atoms with Crippen LogP contribution in [0.15, 0.2) is 12.1 Å². The molecule has 0 saturated carbocycles. The molecule has 0 heterocycles. The van der Waals surface area contributed by atoms with E-state index in [-0.39, 0.29) is 11.9 Å². The van der Waals surface area contributed by atoms with E-state index in [2.05, 4.69) is 25.2 Å². The van der Waals surface area contributed by atoms with Crippen LogP contribution in [0.2, 0.25) is 0 Å². The zero-order valence-electron chi connectivity index (χ0n) is 11.8. The van der Waals surface area contributed by atoms with Crippen molar-refractivity contribution in [1.29, 1.82) is 0 Å². The maximum atomic E-state index is 14.2. The van der Waals surface area contributed by atoms with Crippen LogP contribution in [0.4, 0.5) is 4.39 Å². The largest absolute Gasteiger partial charge is 0.309 e. The average Bonchev–Trinajstić information content (AvgIpc) is 2.30. The summed E-state index contributed by atoms with van der Waals surface area (Å²) in [5.41, 5.74) is 2.89. The lowest BCUT2D eigenvalue weighted by molar-refractivity contribution is 0.529. The third-order valence-electron chi connectivity index (χ3n) is 2.96. The molecule has 0 aliphatic heterocycles. The van der Waals surface area contributed by atoms with Crippen LogP contribution < -0.4 is 5.32 Å². The Kier molecular flexibility index (Phi) is 6.72. The Labute approximate surface area is 115 Å². The van der Waals surface area contributed by atoms with Crippen molar-refractivity contribution in [1.82, 2.24) is 5.32 Å². The molecular weight excluding hydrogens is 245 g/mol. The van der Waals surface area contributed by atoms with Crippen LogP contribution in [-0.4, -0.2) is 18.1 Å². The van der Waals surface area contributed by atoms with Gasteiger partial charge in [0.25, 0.3) is 0 Å². The Morgan fingerprint density at radius 1 is 1.28 bits per heavy atom. The molecule has 1 atom stereocenters. The van der Waals surface area contributed by atoms with E-state index in [0.29, 0.717) is 0 Å². The molecule has 1 aromatic carbocycles. The van der Waals surface area contributed by atoms with Crippen LogP contribution in [-0.2, 0) is 0 Å². The highest BCUT2D eigenvalue weighted by molar-refractivity contribution is 7.99. The van der Waals surface area contributed by atoms with Gasteiger partial charge in [-0.2, -0.15) is 11.8 Å². The zero-order valence-corrected chi connectivity index (χ0v) is 12.7. The molecule has 102 valence electrons. The summed E-state index contributed by atoms with van der Waals surface area (Å²) >= 11 is 1.85. The number of benzene rings is 1. The lowest BCUT2D eigenvalue weighted by Crippen LogP contribution is -2.26. The number of rotatable bonds is 7. The fourth-order valence-corrected chi connectivity index (χ4v) is 2.92. The maximum absolute atomic E-state index is 14.2. The first kappa shape index (κ1) is 15.5. The lowest BCUT2D eigenvalue weighted by Gasteiger charge is -2.21. The van der Waals surface area contributed by atoms with Gasteiger partial charge in [0.1, 0.15) is 5.82 Å². The van der Waals surface area contributed by atoms with Crippen LogP contribution in [0.25, 0.3) is 0 Å². The van der Waals surface area contributed by atoms with Crippen LogP contribution >= 0.6 is 11.8 Å². The van der Waals surface area contributed by atoms with Crippen LogP contribution in [0.1, 0.15) is 43.0 Å². The minimum atomic E-state index is -0.0715. The van der Waals surface area contributed by atoms with Crippen molar-refractivity contribution in [3.05, 3.63) is 34.6 Å². The highest BCUT2D eigenvalue weighted by Gasteiger charge is 2.17. The fraction of sp³-hybridized carbons (Fsp3) is 0.600. The topological polar surface area (TPSA) is 12.0 Å². The summed E-state index contributed by atoms with van der Waals surface area (Å²) in [5.74, 6) is 1.92. The predicted octanol–water partition coefficient (Wildman–Crippen LogP) is 4.24. The first-order valence-corrected chi connectivity index (χ1v) is 7.83. The molecule has 0 fully saturated rings. The Balaban J connectivity index is 2.95. The van der Waals surface area contributed by atoms with Crippen molar-refractivity contribution >= 4 is 11.8 Å². The normalized spacial score (nSPS) is 12.7. The standard InChI is InChI=1S/C15H24FNS/c1-5-7-17-14(10-18-6-2)15-12(4)8-11(3)9-13(15)16/h8-9,14,17H,5-7,10H2,1-4H3. The van der Waals surface area contributed by atoms with E-state index in [1.54, 1.807) is 6.07 Å². The van der Waals surface area contributed by atoms with Crippen LogP contribution in [0, 0.1) is 19.7 Å². The summed E-state index contributed by atoms with van der Waals surface area (Å²) < 4.78 is 14.2. The number of thioether (sulfide) groups is 1. The molecule has 1 aromatic rings. The molecule has 1 rings (SSSR count). The molecule has 18 heavy (non-hydrogen) atoms. The van der Waals surface area contributed by atoms with Gasteiger partial charge >= 0.3 is 0 Å². The van der Waals surface area contributed by atoms with E-state index in [9.17, 15) is 4.39 Å². The van der Waals surface area contributed by atoms with Gasteiger partial charge in [-0.05, 0) is 49.8 Å². The smallest absolute Gasteiger partial charge is 0.128 e. The highest BCUT2D eigenvalue weighted by atomic mass is 32.2. The SMILES string of the molecule is CCCNC(CSCC)c1c(C)cc(C)cc1F. The first-order chi connectivity index (χ1) is 8.60. The van der Waals surface area contributed by atoms with E-state index in [1.807, 2.05) is 25.6 Å². The quantitative estimate of drug-likeness (QED) is 0.794. The maximum Gasteiger partial charge on any atom is 0.128 e. The number of nitrogens with one attached hydrogen (secondary N) is 1. The van der Waals surface area contributed by atoms with Gasteiger partial charge in [0.15, 0.2) is 0 Å². The van der Waals surface area contributed by atoms with E-state index < -0.39 is 0 Å². The molecule has 0 radical (unpaired) electrons. The molecule has 0 amide bonds. The molecule has 3 heteroatoms. The Hall–Kier alpha value is -0.540. The Bertz CT molecular complexity index is 348. The van der Waals surface area contributed by atoms with Gasteiger partial charge in [-0.15, -0.1) is 0 Å². The predicted molar refractivity (Wildman–Crippen MR) is 79.9 cm³/mol. The second-order valence-electron chi connectivity index (χ2n) is 4.64. The third kappa shape index (κ3) is 4.29. The summed E-state index contributed by atoms with van der Waals surface area (Å²) in [7, 11) is 0. The van der Waals surface area contributed by atoms with Crippen molar-refractivity contribution in [2.45, 2.75) is 40.2 Å². The van der Waals surface area contributed by atoms with Gasteiger partial charge in [-0.25, -0.2) is 4.39 Å². The summed E-state index contributed by atoms with van der Waals surface area (Å²) in [4.78, 5) is 0. The third-order valence-corrected chi connectivity index (χ3v) is 3.94. The van der Waals surface area contributed by atoms with Gasteiger partial charge in [0.05, 0.1) is 0 Å². The second-order valence-corrected chi connectivity index (χ2v) is 5.96. The summed E-state index contributed by atoms with van der Waals surface area (Å²) in [6.45, 7) is 9.15. The van der Waals surface area contributed by atoms with E-state index in [1.165, 1.54) is 0 Å². The second kappa shape index (κ2) is 7.80. The van der Waals surface area contributed by atoms with Gasteiger partial charge in [-0.3, -0.25) is 0 Å². The van der Waals surface area contributed by atoms with Gasteiger partial charge in [0.2, 0.25) is 0 Å². The highest BCUT2D eigenvalue weighted by Crippen LogP contribution is 2.25. The fourth-order valence-electron chi connectivity index (χ4n) is 2.17. The van der Waals surface area contributed by atoms with Gasteiger partial charge < -0.3 is 5.32 Å². The Morgan fingerprint density at radius 2 is 2.00 bits per heavy atom. The van der Waals surface area contributed by atoms with E-state index in [0.717, 1.165) is 41.2 Å². The first-order valence-electron chi connectivity index (χ1n) is 6.67. The number of halogens is 1. The molecule has 0 spiro atoms. The molecule has 0 aliphatic rings. The summed E-state index contributed by atoms with van der Waals surface area (Å²) in [5, 5.41) is 3.46. The summed E-state index contributed by atoms with van der Waals surface area (Å²) in [6, 6.07) is 3.82. The molecule has 0 saturated heterocycles. The van der Waals surface area contributed by atoms with Crippen LogP contribution in [0.5, 0.6) is 0 Å². The lowest BCUT2D eigenvalue weighted by atomic mass is 9.99. The minimum Gasteiger partial charge on any atom is -0.309 e. The van der Waals surface area contributed by atoms with Gasteiger partial charge in [-0.1, -0.05) is 19.9 Å². The van der Waals surface area contributed by atoms with Crippen molar-refractivity contribution in [3.63, 3.8) is 0 Å². The molecule has 0 aliphatic carbocycles. The van der Waals surface area contributed by atoms with E-state index >= 15 is 0 Å².